The maximum Gasteiger partial charge on any atom is 0.312 e. The zero-order chi connectivity index (χ0) is 16.7. The number of amides is 3. The second-order valence-electron chi connectivity index (χ2n) is 5.39. The van der Waals surface area contributed by atoms with Gasteiger partial charge in [-0.2, -0.15) is 5.10 Å². The first-order valence-corrected chi connectivity index (χ1v) is 7.42. The van der Waals surface area contributed by atoms with Gasteiger partial charge in [-0.25, -0.2) is 4.79 Å². The summed E-state index contributed by atoms with van der Waals surface area (Å²) in [7, 11) is 0. The van der Waals surface area contributed by atoms with E-state index >= 15 is 0 Å². The fourth-order valence-corrected chi connectivity index (χ4v) is 2.31. The quantitative estimate of drug-likeness (QED) is 0.699. The van der Waals surface area contributed by atoms with Crippen molar-refractivity contribution in [2.75, 3.05) is 0 Å². The van der Waals surface area contributed by atoms with Crippen molar-refractivity contribution in [1.82, 2.24) is 20.4 Å². The minimum absolute atomic E-state index is 0.129. The van der Waals surface area contributed by atoms with Gasteiger partial charge in [0.2, 0.25) is 5.91 Å². The van der Waals surface area contributed by atoms with E-state index in [-0.39, 0.29) is 11.9 Å². The van der Waals surface area contributed by atoms with Crippen molar-refractivity contribution in [3.05, 3.63) is 54.4 Å². The summed E-state index contributed by atoms with van der Waals surface area (Å²) in [6.07, 6.45) is 3.89. The van der Waals surface area contributed by atoms with Crippen LogP contribution in [0.1, 0.15) is 12.5 Å². The van der Waals surface area contributed by atoms with Gasteiger partial charge in [0.1, 0.15) is 6.04 Å². The number of hydrogen-bond acceptors (Lipinski definition) is 3. The number of carbonyl (C=O) groups is 2. The predicted octanol–water partition coefficient (Wildman–Crippen LogP) is 0.667. The molecule has 7 nitrogen and oxygen atoms in total. The number of benzene rings is 1. The Hall–Kier alpha value is -2.83. The van der Waals surface area contributed by atoms with Gasteiger partial charge in [0, 0.05) is 24.9 Å². The highest BCUT2D eigenvalue weighted by molar-refractivity contribution is 5.86. The van der Waals surface area contributed by atoms with Gasteiger partial charge in [-0.1, -0.05) is 30.3 Å². The van der Waals surface area contributed by atoms with Crippen LogP contribution in [-0.2, 0) is 17.8 Å². The van der Waals surface area contributed by atoms with Crippen LogP contribution in [-0.4, -0.2) is 33.8 Å². The van der Waals surface area contributed by atoms with Gasteiger partial charge in [-0.05, 0) is 18.6 Å². The molecular weight excluding hydrogens is 294 g/mol. The van der Waals surface area contributed by atoms with Crippen molar-refractivity contribution in [3.63, 3.8) is 0 Å². The minimum Gasteiger partial charge on any atom is -0.352 e. The van der Waals surface area contributed by atoms with Gasteiger partial charge in [0.05, 0.1) is 6.54 Å². The third kappa shape index (κ3) is 5.46. The van der Waals surface area contributed by atoms with Crippen LogP contribution in [0.25, 0.3) is 0 Å². The molecule has 0 aliphatic rings. The highest BCUT2D eigenvalue weighted by atomic mass is 16.2. The molecule has 2 rings (SSSR count). The lowest BCUT2D eigenvalue weighted by molar-refractivity contribution is -0.123. The fraction of sp³-hybridized carbons (Fsp3) is 0.312. The summed E-state index contributed by atoms with van der Waals surface area (Å²) in [6.45, 7) is 2.43. The number of nitrogens with zero attached hydrogens (tertiary/aromatic N) is 2. The molecule has 3 amide bonds. The summed E-state index contributed by atoms with van der Waals surface area (Å²) in [4.78, 5) is 23.6. The van der Waals surface area contributed by atoms with Gasteiger partial charge in [0.15, 0.2) is 0 Å². The summed E-state index contributed by atoms with van der Waals surface area (Å²) in [5, 5.41) is 9.47. The van der Waals surface area contributed by atoms with Crippen molar-refractivity contribution >= 4 is 11.9 Å². The Balaban J connectivity index is 1.96. The smallest absolute Gasteiger partial charge is 0.312 e. The molecule has 0 saturated heterocycles. The summed E-state index contributed by atoms with van der Waals surface area (Å²) in [5.74, 6) is -0.271. The molecule has 0 aliphatic carbocycles. The summed E-state index contributed by atoms with van der Waals surface area (Å²) < 4.78 is 1.73. The van der Waals surface area contributed by atoms with Crippen molar-refractivity contribution < 1.29 is 9.59 Å². The number of nitrogens with one attached hydrogen (secondary N) is 2. The van der Waals surface area contributed by atoms with Gasteiger partial charge in [0.25, 0.3) is 0 Å². The molecule has 7 heteroatoms. The Bertz CT molecular complexity index is 627. The predicted molar refractivity (Wildman–Crippen MR) is 86.5 cm³/mol. The fourth-order valence-electron chi connectivity index (χ4n) is 2.31. The summed E-state index contributed by atoms with van der Waals surface area (Å²) in [5.41, 5.74) is 6.13. The van der Waals surface area contributed by atoms with E-state index in [4.69, 9.17) is 5.73 Å². The lowest BCUT2D eigenvalue weighted by Crippen LogP contribution is -2.52. The zero-order valence-electron chi connectivity index (χ0n) is 13.0. The molecule has 122 valence electrons. The van der Waals surface area contributed by atoms with Crippen molar-refractivity contribution in [1.29, 1.82) is 0 Å². The van der Waals surface area contributed by atoms with Crippen molar-refractivity contribution in [3.8, 4) is 0 Å². The number of carbonyl (C=O) groups excluding carboxylic acids is 2. The van der Waals surface area contributed by atoms with E-state index in [2.05, 4.69) is 15.7 Å². The number of hydrogen-bond donors (Lipinski definition) is 3. The van der Waals surface area contributed by atoms with Crippen LogP contribution in [0, 0.1) is 0 Å². The summed E-state index contributed by atoms with van der Waals surface area (Å²) in [6, 6.07) is 9.72. The molecule has 0 saturated carbocycles. The van der Waals surface area contributed by atoms with Crippen LogP contribution in [0.4, 0.5) is 4.79 Å². The largest absolute Gasteiger partial charge is 0.352 e. The first-order valence-electron chi connectivity index (χ1n) is 7.42. The number of nitrogens with two attached hydrogens (primary N) is 1. The van der Waals surface area contributed by atoms with E-state index in [1.54, 1.807) is 10.9 Å². The third-order valence-electron chi connectivity index (χ3n) is 3.32. The molecule has 0 fully saturated rings. The molecule has 23 heavy (non-hydrogen) atoms. The van der Waals surface area contributed by atoms with Crippen molar-refractivity contribution in [2.45, 2.75) is 32.0 Å². The van der Waals surface area contributed by atoms with E-state index in [0.717, 1.165) is 5.56 Å². The van der Waals surface area contributed by atoms with Crippen molar-refractivity contribution in [2.24, 2.45) is 5.73 Å². The number of rotatable bonds is 7. The van der Waals surface area contributed by atoms with Gasteiger partial charge >= 0.3 is 6.03 Å². The Labute approximate surface area is 134 Å². The Morgan fingerprint density at radius 1 is 1.22 bits per heavy atom. The number of aromatic nitrogens is 2. The molecule has 0 unspecified atom stereocenters. The number of primary amides is 1. The Morgan fingerprint density at radius 2 is 1.96 bits per heavy atom. The first-order chi connectivity index (χ1) is 11.0. The molecule has 0 radical (unpaired) electrons. The molecule has 1 heterocycles. The van der Waals surface area contributed by atoms with E-state index in [1.165, 1.54) is 0 Å². The normalized spacial score (nSPS) is 13.1. The molecular formula is C16H21N5O2. The van der Waals surface area contributed by atoms with Gasteiger partial charge < -0.3 is 16.4 Å². The Morgan fingerprint density at radius 3 is 2.57 bits per heavy atom. The first kappa shape index (κ1) is 16.5. The van der Waals surface area contributed by atoms with Crippen LogP contribution < -0.4 is 16.4 Å². The SMILES string of the molecule is C[C@H](Cn1cccn1)NC(=O)[C@H](Cc1ccccc1)NC(N)=O. The maximum absolute atomic E-state index is 12.4. The molecule has 0 aliphatic heterocycles. The van der Waals surface area contributed by atoms with E-state index in [0.29, 0.717) is 13.0 Å². The van der Waals surface area contributed by atoms with Gasteiger partial charge in [-0.15, -0.1) is 0 Å². The molecule has 0 spiro atoms. The molecule has 4 N–H and O–H groups in total. The van der Waals surface area contributed by atoms with Crippen LogP contribution >= 0.6 is 0 Å². The standard InChI is InChI=1S/C16H21N5O2/c1-12(11-21-9-5-8-18-21)19-15(22)14(20-16(17)23)10-13-6-3-2-4-7-13/h2-9,12,14H,10-11H2,1H3,(H,19,22)(H3,17,20,23)/t12-,14+/m1/s1. The molecule has 1 aromatic carbocycles. The average molecular weight is 315 g/mol. The van der Waals surface area contributed by atoms with Crippen LogP contribution in [0.15, 0.2) is 48.8 Å². The number of urea groups is 1. The molecule has 1 aromatic heterocycles. The van der Waals surface area contributed by atoms with Crippen LogP contribution in [0.2, 0.25) is 0 Å². The van der Waals surface area contributed by atoms with Crippen LogP contribution in [0.3, 0.4) is 0 Å². The molecule has 0 bridgehead atoms. The second-order valence-corrected chi connectivity index (χ2v) is 5.39. The maximum atomic E-state index is 12.4. The molecule has 2 aromatic rings. The zero-order valence-corrected chi connectivity index (χ0v) is 13.0. The minimum atomic E-state index is -0.721. The lowest BCUT2D eigenvalue weighted by Gasteiger charge is -2.21. The summed E-state index contributed by atoms with van der Waals surface area (Å²) >= 11 is 0. The topological polar surface area (TPSA) is 102 Å². The highest BCUT2D eigenvalue weighted by Crippen LogP contribution is 2.04. The highest BCUT2D eigenvalue weighted by Gasteiger charge is 2.21. The van der Waals surface area contributed by atoms with E-state index in [1.807, 2.05) is 49.5 Å². The molecule has 2 atom stereocenters. The Kier molecular flexibility index (Phi) is 5.74. The van der Waals surface area contributed by atoms with E-state index in [9.17, 15) is 9.59 Å². The third-order valence-corrected chi connectivity index (χ3v) is 3.32. The van der Waals surface area contributed by atoms with Crippen LogP contribution in [0.5, 0.6) is 0 Å². The lowest BCUT2D eigenvalue weighted by atomic mass is 10.1. The van der Waals surface area contributed by atoms with Gasteiger partial charge in [-0.3, -0.25) is 9.48 Å². The second kappa shape index (κ2) is 7.98. The van der Waals surface area contributed by atoms with E-state index < -0.39 is 12.1 Å². The average Bonchev–Trinajstić information content (AvgIpc) is 3.00. The monoisotopic (exact) mass is 315 g/mol.